The van der Waals surface area contributed by atoms with E-state index in [1.54, 1.807) is 4.90 Å². The lowest BCUT2D eigenvalue weighted by molar-refractivity contribution is -0.139. The summed E-state index contributed by atoms with van der Waals surface area (Å²) in [4.78, 5) is 24.5. The predicted octanol–water partition coefficient (Wildman–Crippen LogP) is -2.10. The van der Waals surface area contributed by atoms with Crippen molar-refractivity contribution in [3.63, 3.8) is 0 Å². The molecule has 1 aliphatic heterocycles. The van der Waals surface area contributed by atoms with Gasteiger partial charge in [0, 0.05) is 26.2 Å². The summed E-state index contributed by atoms with van der Waals surface area (Å²) >= 11 is 0. The number of hydrogen-bond donors (Lipinski definition) is 2. The molecule has 0 spiro atoms. The third-order valence-corrected chi connectivity index (χ3v) is 4.56. The third-order valence-electron chi connectivity index (χ3n) is 2.89. The van der Waals surface area contributed by atoms with E-state index in [0.717, 1.165) is 7.11 Å². The Morgan fingerprint density at radius 3 is 2.47 bits per heavy atom. The van der Waals surface area contributed by atoms with Crippen molar-refractivity contribution in [3.8, 4) is 0 Å². The van der Waals surface area contributed by atoms with E-state index < -0.39 is 21.2 Å². The molecule has 1 saturated heterocycles. The summed E-state index contributed by atoms with van der Waals surface area (Å²) in [6, 6.07) is 0. The first-order valence-corrected chi connectivity index (χ1v) is 7.48. The molecule has 2 N–H and O–H groups in total. The van der Waals surface area contributed by atoms with Gasteiger partial charge in [-0.05, 0) is 6.92 Å². The van der Waals surface area contributed by atoms with Gasteiger partial charge < -0.3 is 15.0 Å². The maximum atomic E-state index is 11.8. The Bertz CT molecular complexity index is 430. The number of amides is 1. The molecule has 1 heterocycles. The van der Waals surface area contributed by atoms with Crippen molar-refractivity contribution < 1.29 is 22.7 Å². The second-order valence-corrected chi connectivity index (χ2v) is 6.25. The number of carbonyl (C=O) groups excluding carboxylic acids is 2. The van der Waals surface area contributed by atoms with Crippen LogP contribution in [0.1, 0.15) is 6.92 Å². The average Bonchev–Trinajstić information content (AvgIpc) is 2.44. The fraction of sp³-hybridized carbons (Fsp3) is 0.800. The SMILES string of the molecule is COC(=O)C(C)S(=O)(=O)NCC(=O)N1CCNCC1. The Labute approximate surface area is 112 Å². The van der Waals surface area contributed by atoms with Gasteiger partial charge in [0.1, 0.15) is 0 Å². The lowest BCUT2D eigenvalue weighted by Gasteiger charge is -2.27. The zero-order chi connectivity index (χ0) is 14.5. The van der Waals surface area contributed by atoms with E-state index in [9.17, 15) is 18.0 Å². The molecule has 110 valence electrons. The van der Waals surface area contributed by atoms with E-state index in [1.807, 2.05) is 0 Å². The molecular formula is C10H19N3O5S. The maximum absolute atomic E-state index is 11.8. The molecule has 0 aromatic carbocycles. The van der Waals surface area contributed by atoms with Crippen LogP contribution in [-0.4, -0.2) is 70.3 Å². The zero-order valence-corrected chi connectivity index (χ0v) is 11.8. The summed E-state index contributed by atoms with van der Waals surface area (Å²) < 4.78 is 29.9. The van der Waals surface area contributed by atoms with Crippen LogP contribution in [0.5, 0.6) is 0 Å². The van der Waals surface area contributed by atoms with Crippen LogP contribution in [0.4, 0.5) is 0 Å². The predicted molar refractivity (Wildman–Crippen MR) is 67.9 cm³/mol. The molecule has 0 aromatic heterocycles. The number of carbonyl (C=O) groups is 2. The number of nitrogens with one attached hydrogen (secondary N) is 2. The minimum atomic E-state index is -3.89. The highest BCUT2D eigenvalue weighted by Crippen LogP contribution is 2.01. The van der Waals surface area contributed by atoms with Gasteiger partial charge in [-0.2, -0.15) is 0 Å². The van der Waals surface area contributed by atoms with Gasteiger partial charge in [-0.15, -0.1) is 0 Å². The second kappa shape index (κ2) is 6.83. The van der Waals surface area contributed by atoms with Crippen LogP contribution in [0.2, 0.25) is 0 Å². The van der Waals surface area contributed by atoms with Crippen LogP contribution in [-0.2, 0) is 24.3 Å². The maximum Gasteiger partial charge on any atom is 0.325 e. The molecule has 1 fully saturated rings. The molecule has 1 aliphatic rings. The summed E-state index contributed by atoms with van der Waals surface area (Å²) in [5, 5.41) is 1.75. The van der Waals surface area contributed by atoms with Crippen molar-refractivity contribution in [1.29, 1.82) is 0 Å². The first-order valence-electron chi connectivity index (χ1n) is 5.93. The molecule has 0 aromatic rings. The Morgan fingerprint density at radius 2 is 1.95 bits per heavy atom. The first-order chi connectivity index (χ1) is 8.88. The van der Waals surface area contributed by atoms with Crippen molar-refractivity contribution in [2.45, 2.75) is 12.2 Å². The summed E-state index contributed by atoms with van der Waals surface area (Å²) in [6.45, 7) is 3.35. The molecule has 0 radical (unpaired) electrons. The summed E-state index contributed by atoms with van der Waals surface area (Å²) in [7, 11) is -2.78. The molecule has 0 aliphatic carbocycles. The van der Waals surface area contributed by atoms with E-state index >= 15 is 0 Å². The molecule has 1 rings (SSSR count). The van der Waals surface area contributed by atoms with E-state index in [-0.39, 0.29) is 12.5 Å². The number of piperazine rings is 1. The molecule has 1 unspecified atom stereocenters. The van der Waals surface area contributed by atoms with Gasteiger partial charge in [-0.25, -0.2) is 13.1 Å². The molecule has 19 heavy (non-hydrogen) atoms. The number of esters is 1. The van der Waals surface area contributed by atoms with Crippen molar-refractivity contribution in [2.75, 3.05) is 39.8 Å². The second-order valence-electron chi connectivity index (χ2n) is 4.16. The highest BCUT2D eigenvalue weighted by Gasteiger charge is 2.29. The fourth-order valence-electron chi connectivity index (χ4n) is 1.61. The summed E-state index contributed by atoms with van der Waals surface area (Å²) in [5.41, 5.74) is 0. The van der Waals surface area contributed by atoms with Gasteiger partial charge in [-0.3, -0.25) is 9.59 Å². The monoisotopic (exact) mass is 293 g/mol. The Kier molecular flexibility index (Phi) is 5.70. The molecule has 9 heteroatoms. The van der Waals surface area contributed by atoms with Crippen LogP contribution in [0.25, 0.3) is 0 Å². The number of sulfonamides is 1. The van der Waals surface area contributed by atoms with Crippen molar-refractivity contribution in [1.82, 2.24) is 14.9 Å². The molecule has 1 atom stereocenters. The van der Waals surface area contributed by atoms with Gasteiger partial charge in [0.05, 0.1) is 13.7 Å². The number of nitrogens with zero attached hydrogens (tertiary/aromatic N) is 1. The molecule has 8 nitrogen and oxygen atoms in total. The normalized spacial score (nSPS) is 17.9. The van der Waals surface area contributed by atoms with E-state index in [4.69, 9.17) is 0 Å². The minimum Gasteiger partial charge on any atom is -0.468 e. The Morgan fingerprint density at radius 1 is 1.37 bits per heavy atom. The van der Waals surface area contributed by atoms with Crippen molar-refractivity contribution in [2.24, 2.45) is 0 Å². The minimum absolute atomic E-state index is 0.304. The van der Waals surface area contributed by atoms with Crippen LogP contribution >= 0.6 is 0 Å². The van der Waals surface area contributed by atoms with Gasteiger partial charge in [0.25, 0.3) is 0 Å². The van der Waals surface area contributed by atoms with Gasteiger partial charge in [0.2, 0.25) is 15.9 Å². The van der Waals surface area contributed by atoms with Crippen LogP contribution in [0.3, 0.4) is 0 Å². The van der Waals surface area contributed by atoms with E-state index in [1.165, 1.54) is 6.92 Å². The highest BCUT2D eigenvalue weighted by molar-refractivity contribution is 7.90. The molecule has 0 saturated carbocycles. The van der Waals surface area contributed by atoms with Crippen LogP contribution in [0.15, 0.2) is 0 Å². The third kappa shape index (κ3) is 4.44. The topological polar surface area (TPSA) is 105 Å². The quantitative estimate of drug-likeness (QED) is 0.563. The largest absolute Gasteiger partial charge is 0.468 e. The smallest absolute Gasteiger partial charge is 0.325 e. The number of hydrogen-bond acceptors (Lipinski definition) is 6. The van der Waals surface area contributed by atoms with E-state index in [2.05, 4.69) is 14.8 Å². The first kappa shape index (κ1) is 15.9. The fourth-order valence-corrected chi connectivity index (χ4v) is 2.53. The van der Waals surface area contributed by atoms with Crippen molar-refractivity contribution in [3.05, 3.63) is 0 Å². The van der Waals surface area contributed by atoms with Gasteiger partial charge >= 0.3 is 5.97 Å². The Balaban J connectivity index is 2.50. The molecule has 0 bridgehead atoms. The number of rotatable bonds is 5. The Hall–Kier alpha value is -1.19. The van der Waals surface area contributed by atoms with Gasteiger partial charge in [0.15, 0.2) is 5.25 Å². The molecular weight excluding hydrogens is 274 g/mol. The zero-order valence-electron chi connectivity index (χ0n) is 11.0. The van der Waals surface area contributed by atoms with E-state index in [0.29, 0.717) is 26.2 Å². The van der Waals surface area contributed by atoms with Crippen molar-refractivity contribution >= 4 is 21.9 Å². The lowest BCUT2D eigenvalue weighted by Crippen LogP contribution is -2.50. The summed E-state index contributed by atoms with van der Waals surface area (Å²) in [6.07, 6.45) is 0. The lowest BCUT2D eigenvalue weighted by atomic mass is 10.3. The summed E-state index contributed by atoms with van der Waals surface area (Å²) in [5.74, 6) is -1.16. The van der Waals surface area contributed by atoms with Gasteiger partial charge in [-0.1, -0.05) is 0 Å². The standard InChI is InChI=1S/C10H19N3O5S/c1-8(10(15)18-2)19(16,17)12-7-9(14)13-5-3-11-4-6-13/h8,11-12H,3-7H2,1-2H3. The van der Waals surface area contributed by atoms with Crippen LogP contribution in [0, 0.1) is 0 Å². The van der Waals surface area contributed by atoms with Crippen LogP contribution < -0.4 is 10.0 Å². The number of methoxy groups -OCH3 is 1. The number of ether oxygens (including phenoxy) is 1. The highest BCUT2D eigenvalue weighted by atomic mass is 32.2. The molecule has 1 amide bonds. The average molecular weight is 293 g/mol.